The van der Waals surface area contributed by atoms with Crippen LogP contribution in [0.4, 0.5) is 5.69 Å². The predicted molar refractivity (Wildman–Crippen MR) is 95.9 cm³/mol. The number of anilines is 1. The van der Waals surface area contributed by atoms with Gasteiger partial charge in [-0.2, -0.15) is 0 Å². The van der Waals surface area contributed by atoms with Crippen molar-refractivity contribution in [2.75, 3.05) is 18.4 Å². The van der Waals surface area contributed by atoms with Gasteiger partial charge >= 0.3 is 0 Å². The van der Waals surface area contributed by atoms with Gasteiger partial charge in [0.15, 0.2) is 0 Å². The van der Waals surface area contributed by atoms with E-state index >= 15 is 0 Å². The van der Waals surface area contributed by atoms with E-state index in [1.165, 1.54) is 0 Å². The van der Waals surface area contributed by atoms with Gasteiger partial charge in [0.05, 0.1) is 12.6 Å². The lowest BCUT2D eigenvalue weighted by molar-refractivity contribution is -0.120. The molecule has 0 aliphatic heterocycles. The van der Waals surface area contributed by atoms with Crippen molar-refractivity contribution in [1.29, 1.82) is 0 Å². The van der Waals surface area contributed by atoms with Crippen LogP contribution in [0.2, 0.25) is 0 Å². The number of hydrogen-bond donors (Lipinski definition) is 3. The van der Waals surface area contributed by atoms with Gasteiger partial charge in [-0.25, -0.2) is 0 Å². The van der Waals surface area contributed by atoms with E-state index < -0.39 is 0 Å². The Kier molecular flexibility index (Phi) is 6.37. The third kappa shape index (κ3) is 5.12. The Labute approximate surface area is 142 Å². The average molecular weight is 325 g/mol. The molecule has 5 heteroatoms. The molecule has 2 aromatic rings. The van der Waals surface area contributed by atoms with Crippen LogP contribution in [0, 0.1) is 0 Å². The number of rotatable bonds is 7. The van der Waals surface area contributed by atoms with E-state index in [1.54, 1.807) is 24.3 Å². The van der Waals surface area contributed by atoms with E-state index in [0.717, 1.165) is 11.3 Å². The fourth-order valence-corrected chi connectivity index (χ4v) is 2.30. The third-order valence-corrected chi connectivity index (χ3v) is 3.61. The van der Waals surface area contributed by atoms with E-state index in [9.17, 15) is 9.59 Å². The lowest BCUT2D eigenvalue weighted by Crippen LogP contribution is -2.32. The number of nitrogens with one attached hydrogen (secondary N) is 3. The highest BCUT2D eigenvalue weighted by Gasteiger charge is 2.09. The van der Waals surface area contributed by atoms with E-state index in [-0.39, 0.29) is 24.4 Å². The second-order valence-electron chi connectivity index (χ2n) is 5.49. The zero-order chi connectivity index (χ0) is 17.4. The molecule has 0 bridgehead atoms. The van der Waals surface area contributed by atoms with Crippen LogP contribution in [0.5, 0.6) is 0 Å². The highest BCUT2D eigenvalue weighted by molar-refractivity contribution is 5.94. The smallest absolute Gasteiger partial charge is 0.251 e. The summed E-state index contributed by atoms with van der Waals surface area (Å²) in [5.74, 6) is -0.183. The Bertz CT molecular complexity index is 669. The van der Waals surface area contributed by atoms with E-state index in [4.69, 9.17) is 0 Å². The van der Waals surface area contributed by atoms with Gasteiger partial charge in [0, 0.05) is 17.8 Å². The van der Waals surface area contributed by atoms with Crippen LogP contribution in [0.15, 0.2) is 54.6 Å². The van der Waals surface area contributed by atoms with E-state index in [1.807, 2.05) is 44.2 Å². The Balaban J connectivity index is 1.82. The van der Waals surface area contributed by atoms with Gasteiger partial charge < -0.3 is 16.0 Å². The molecule has 5 nitrogen and oxygen atoms in total. The molecular weight excluding hydrogens is 302 g/mol. The second kappa shape index (κ2) is 8.72. The Morgan fingerprint density at radius 1 is 1.00 bits per heavy atom. The molecule has 0 aliphatic carbocycles. The van der Waals surface area contributed by atoms with Crippen molar-refractivity contribution in [2.24, 2.45) is 0 Å². The standard InChI is InChI=1S/C19H23N3O2/c1-3-20-19(24)16-9-11-17(12-10-16)21-13-18(23)22-14(2)15-7-5-4-6-8-15/h4-12,14,21H,3,13H2,1-2H3,(H,20,24)(H,22,23). The highest BCUT2D eigenvalue weighted by Crippen LogP contribution is 2.12. The van der Waals surface area contributed by atoms with Crippen molar-refractivity contribution in [3.63, 3.8) is 0 Å². The third-order valence-electron chi connectivity index (χ3n) is 3.61. The Morgan fingerprint density at radius 2 is 1.67 bits per heavy atom. The summed E-state index contributed by atoms with van der Waals surface area (Å²) in [5, 5.41) is 8.75. The molecule has 1 atom stereocenters. The predicted octanol–water partition coefficient (Wildman–Crippen LogP) is 2.73. The second-order valence-corrected chi connectivity index (χ2v) is 5.49. The zero-order valence-electron chi connectivity index (χ0n) is 14.0. The van der Waals surface area contributed by atoms with E-state index in [0.29, 0.717) is 12.1 Å². The molecular formula is C19H23N3O2. The van der Waals surface area contributed by atoms with Crippen molar-refractivity contribution in [1.82, 2.24) is 10.6 Å². The molecule has 0 saturated carbocycles. The average Bonchev–Trinajstić information content (AvgIpc) is 2.61. The number of amides is 2. The molecule has 3 N–H and O–H groups in total. The highest BCUT2D eigenvalue weighted by atomic mass is 16.2. The molecule has 2 amide bonds. The maximum absolute atomic E-state index is 12.0. The molecule has 0 fully saturated rings. The van der Waals surface area contributed by atoms with Gasteiger partial charge in [-0.05, 0) is 43.7 Å². The fourth-order valence-electron chi connectivity index (χ4n) is 2.30. The van der Waals surface area contributed by atoms with Crippen LogP contribution < -0.4 is 16.0 Å². The molecule has 0 aliphatic rings. The van der Waals surface area contributed by atoms with Crippen LogP contribution in [0.3, 0.4) is 0 Å². The maximum atomic E-state index is 12.0. The van der Waals surface area contributed by atoms with Crippen LogP contribution in [0.1, 0.15) is 35.8 Å². The van der Waals surface area contributed by atoms with Crippen molar-refractivity contribution in [2.45, 2.75) is 19.9 Å². The Hall–Kier alpha value is -2.82. The molecule has 0 heterocycles. The van der Waals surface area contributed by atoms with Crippen molar-refractivity contribution >= 4 is 17.5 Å². The van der Waals surface area contributed by atoms with Gasteiger partial charge in [0.25, 0.3) is 5.91 Å². The van der Waals surface area contributed by atoms with Gasteiger partial charge in [-0.3, -0.25) is 9.59 Å². The molecule has 2 rings (SSSR count). The van der Waals surface area contributed by atoms with Gasteiger partial charge in [-0.15, -0.1) is 0 Å². The summed E-state index contributed by atoms with van der Waals surface area (Å²) >= 11 is 0. The number of hydrogen-bond acceptors (Lipinski definition) is 3. The summed E-state index contributed by atoms with van der Waals surface area (Å²) in [5.41, 5.74) is 2.47. The van der Waals surface area contributed by atoms with Crippen LogP contribution in [0.25, 0.3) is 0 Å². The molecule has 126 valence electrons. The molecule has 24 heavy (non-hydrogen) atoms. The first-order valence-corrected chi connectivity index (χ1v) is 8.06. The first kappa shape index (κ1) is 17.5. The quantitative estimate of drug-likeness (QED) is 0.733. The molecule has 0 radical (unpaired) electrons. The fraction of sp³-hybridized carbons (Fsp3) is 0.263. The van der Waals surface area contributed by atoms with Gasteiger partial charge in [0.2, 0.25) is 5.91 Å². The summed E-state index contributed by atoms with van der Waals surface area (Å²) in [6, 6.07) is 16.8. The number of carbonyl (C=O) groups is 2. The normalized spacial score (nSPS) is 11.4. The summed E-state index contributed by atoms with van der Waals surface area (Å²) in [7, 11) is 0. The largest absolute Gasteiger partial charge is 0.376 e. The lowest BCUT2D eigenvalue weighted by atomic mass is 10.1. The summed E-state index contributed by atoms with van der Waals surface area (Å²) in [6.07, 6.45) is 0. The molecule has 0 saturated heterocycles. The van der Waals surface area contributed by atoms with Gasteiger partial charge in [-0.1, -0.05) is 30.3 Å². The first-order valence-electron chi connectivity index (χ1n) is 8.06. The summed E-state index contributed by atoms with van der Waals surface area (Å²) in [6.45, 7) is 4.60. The van der Waals surface area contributed by atoms with Crippen LogP contribution in [-0.4, -0.2) is 24.9 Å². The minimum Gasteiger partial charge on any atom is -0.376 e. The molecule has 1 unspecified atom stereocenters. The summed E-state index contributed by atoms with van der Waals surface area (Å²) in [4.78, 5) is 23.7. The lowest BCUT2D eigenvalue weighted by Gasteiger charge is -2.15. The van der Waals surface area contributed by atoms with Crippen molar-refractivity contribution < 1.29 is 9.59 Å². The van der Waals surface area contributed by atoms with Gasteiger partial charge in [0.1, 0.15) is 0 Å². The number of carbonyl (C=O) groups excluding carboxylic acids is 2. The molecule has 2 aromatic carbocycles. The topological polar surface area (TPSA) is 70.2 Å². The number of benzene rings is 2. The van der Waals surface area contributed by atoms with Crippen LogP contribution >= 0.6 is 0 Å². The Morgan fingerprint density at radius 3 is 2.29 bits per heavy atom. The minimum atomic E-state index is -0.0986. The van der Waals surface area contributed by atoms with E-state index in [2.05, 4.69) is 16.0 Å². The van der Waals surface area contributed by atoms with Crippen molar-refractivity contribution in [3.05, 3.63) is 65.7 Å². The first-order chi connectivity index (χ1) is 11.6. The minimum absolute atomic E-state index is 0.0411. The van der Waals surface area contributed by atoms with Crippen LogP contribution in [-0.2, 0) is 4.79 Å². The molecule has 0 spiro atoms. The maximum Gasteiger partial charge on any atom is 0.251 e. The monoisotopic (exact) mass is 325 g/mol. The SMILES string of the molecule is CCNC(=O)c1ccc(NCC(=O)NC(C)c2ccccc2)cc1. The molecule has 0 aromatic heterocycles. The van der Waals surface area contributed by atoms with Crippen molar-refractivity contribution in [3.8, 4) is 0 Å². The summed E-state index contributed by atoms with van der Waals surface area (Å²) < 4.78 is 0. The zero-order valence-corrected chi connectivity index (χ0v) is 14.0.